The van der Waals surface area contributed by atoms with E-state index in [1.54, 1.807) is 0 Å². The van der Waals surface area contributed by atoms with Gasteiger partial charge in [0, 0.05) is 0 Å². The molecule has 0 bridgehead atoms. The Balaban J connectivity index is 2.02. The van der Waals surface area contributed by atoms with E-state index in [-0.39, 0.29) is 23.4 Å². The lowest BCUT2D eigenvalue weighted by atomic mass is 10.1. The fraction of sp³-hybridized carbons (Fsp3) is 1.00. The van der Waals surface area contributed by atoms with Crippen LogP contribution in [0.2, 0.25) is 18.1 Å². The second-order valence-electron chi connectivity index (χ2n) is 6.58. The normalized spacial score (nSPS) is 38.5. The summed E-state index contributed by atoms with van der Waals surface area (Å²) in [6, 6.07) is 0. The van der Waals surface area contributed by atoms with Crippen LogP contribution in [0.5, 0.6) is 0 Å². The van der Waals surface area contributed by atoms with Crippen LogP contribution in [0, 0.1) is 0 Å². The number of aliphatic hydroxyl groups is 1. The molecule has 17 heavy (non-hydrogen) atoms. The predicted molar refractivity (Wildman–Crippen MR) is 67.6 cm³/mol. The summed E-state index contributed by atoms with van der Waals surface area (Å²) in [5, 5.41) is 9.86. The van der Waals surface area contributed by atoms with E-state index < -0.39 is 14.4 Å². The van der Waals surface area contributed by atoms with Gasteiger partial charge in [-0.15, -0.1) is 0 Å². The molecule has 0 amide bonds. The van der Waals surface area contributed by atoms with E-state index in [4.69, 9.17) is 13.9 Å². The number of rotatable bonds is 2. The summed E-state index contributed by atoms with van der Waals surface area (Å²) < 4.78 is 17.5. The third-order valence-corrected chi connectivity index (χ3v) is 8.74. The van der Waals surface area contributed by atoms with E-state index in [0.29, 0.717) is 13.2 Å². The largest absolute Gasteiger partial charge is 0.409 e. The molecule has 0 aromatic carbocycles. The first-order chi connectivity index (χ1) is 7.72. The summed E-state index contributed by atoms with van der Waals surface area (Å²) >= 11 is 0. The van der Waals surface area contributed by atoms with E-state index in [1.807, 2.05) is 0 Å². The Morgan fingerprint density at radius 2 is 1.71 bits per heavy atom. The fourth-order valence-electron chi connectivity index (χ4n) is 2.10. The summed E-state index contributed by atoms with van der Waals surface area (Å²) in [5.41, 5.74) is 0. The highest BCUT2D eigenvalue weighted by Gasteiger charge is 2.50. The van der Waals surface area contributed by atoms with Crippen LogP contribution < -0.4 is 0 Å². The summed E-state index contributed by atoms with van der Waals surface area (Å²) in [6.45, 7) is 12.0. The molecule has 0 aromatic rings. The number of hydrogen-bond acceptors (Lipinski definition) is 4. The molecule has 0 spiro atoms. The van der Waals surface area contributed by atoms with E-state index in [1.165, 1.54) is 0 Å². The summed E-state index contributed by atoms with van der Waals surface area (Å²) in [6.07, 6.45) is -0.782. The highest BCUT2D eigenvalue weighted by molar-refractivity contribution is 6.74. The van der Waals surface area contributed by atoms with Crippen LogP contribution >= 0.6 is 0 Å². The van der Waals surface area contributed by atoms with E-state index in [0.717, 1.165) is 0 Å². The lowest BCUT2D eigenvalue weighted by Gasteiger charge is -2.39. The Bertz CT molecular complexity index is 287. The van der Waals surface area contributed by atoms with Crippen molar-refractivity contribution in [2.24, 2.45) is 0 Å². The maximum Gasteiger partial charge on any atom is 0.192 e. The molecule has 0 aliphatic carbocycles. The number of fused-ring (bicyclic) bond motifs is 1. The van der Waals surface area contributed by atoms with Gasteiger partial charge in [0.2, 0.25) is 0 Å². The Kier molecular flexibility index (Phi) is 3.42. The van der Waals surface area contributed by atoms with Crippen LogP contribution in [0.4, 0.5) is 0 Å². The third kappa shape index (κ3) is 2.44. The first-order valence-electron chi connectivity index (χ1n) is 6.31. The summed E-state index contributed by atoms with van der Waals surface area (Å²) in [4.78, 5) is 0. The highest BCUT2D eigenvalue weighted by atomic mass is 28.4. The van der Waals surface area contributed by atoms with Crippen molar-refractivity contribution in [2.45, 2.75) is 63.3 Å². The van der Waals surface area contributed by atoms with Gasteiger partial charge in [0.1, 0.15) is 18.3 Å². The zero-order valence-electron chi connectivity index (χ0n) is 11.4. The van der Waals surface area contributed by atoms with E-state index >= 15 is 0 Å². The van der Waals surface area contributed by atoms with Crippen molar-refractivity contribution < 1.29 is 19.0 Å². The number of ether oxygens (including phenoxy) is 2. The fourth-order valence-corrected chi connectivity index (χ4v) is 3.41. The maximum atomic E-state index is 9.68. The van der Waals surface area contributed by atoms with Crippen molar-refractivity contribution in [3.63, 3.8) is 0 Å². The average Bonchev–Trinajstić information content (AvgIpc) is 2.70. The lowest BCUT2D eigenvalue weighted by Crippen LogP contribution is -2.47. The quantitative estimate of drug-likeness (QED) is 0.765. The molecule has 2 heterocycles. The monoisotopic (exact) mass is 260 g/mol. The predicted octanol–water partition coefficient (Wildman–Crippen LogP) is 1.54. The van der Waals surface area contributed by atoms with Crippen LogP contribution in [0.25, 0.3) is 0 Å². The van der Waals surface area contributed by atoms with E-state index in [9.17, 15) is 5.11 Å². The molecule has 4 nitrogen and oxygen atoms in total. The van der Waals surface area contributed by atoms with Gasteiger partial charge in [-0.2, -0.15) is 0 Å². The van der Waals surface area contributed by atoms with Gasteiger partial charge < -0.3 is 19.0 Å². The summed E-state index contributed by atoms with van der Waals surface area (Å²) in [5.74, 6) is 0. The van der Waals surface area contributed by atoms with Gasteiger partial charge in [0.25, 0.3) is 0 Å². The smallest absolute Gasteiger partial charge is 0.192 e. The van der Waals surface area contributed by atoms with Crippen molar-refractivity contribution in [3.05, 3.63) is 0 Å². The van der Waals surface area contributed by atoms with E-state index in [2.05, 4.69) is 33.9 Å². The molecule has 0 radical (unpaired) electrons. The second kappa shape index (κ2) is 4.31. The zero-order chi connectivity index (χ0) is 12.8. The Labute approximate surface area is 104 Å². The van der Waals surface area contributed by atoms with Gasteiger partial charge >= 0.3 is 0 Å². The van der Waals surface area contributed by atoms with Crippen LogP contribution in [-0.4, -0.2) is 51.1 Å². The molecule has 2 rings (SSSR count). The molecule has 2 saturated heterocycles. The topological polar surface area (TPSA) is 47.9 Å². The summed E-state index contributed by atoms with van der Waals surface area (Å²) in [7, 11) is -1.79. The van der Waals surface area contributed by atoms with Gasteiger partial charge in [-0.25, -0.2) is 0 Å². The second-order valence-corrected chi connectivity index (χ2v) is 11.3. The minimum atomic E-state index is -1.79. The molecule has 0 aromatic heterocycles. The van der Waals surface area contributed by atoms with Gasteiger partial charge in [0.15, 0.2) is 8.32 Å². The van der Waals surface area contributed by atoms with Gasteiger partial charge in [0.05, 0.1) is 19.3 Å². The minimum Gasteiger partial charge on any atom is -0.409 e. The average molecular weight is 260 g/mol. The van der Waals surface area contributed by atoms with Crippen LogP contribution in [-0.2, 0) is 13.9 Å². The SMILES string of the molecule is CC(C)(C)[Si](C)(C)O[C@@H]1CO[C@H]2[C@H]1OC[C@H]2O. The molecular weight excluding hydrogens is 236 g/mol. The van der Waals surface area contributed by atoms with Crippen molar-refractivity contribution in [3.8, 4) is 0 Å². The molecule has 0 saturated carbocycles. The van der Waals surface area contributed by atoms with Gasteiger partial charge in [-0.1, -0.05) is 20.8 Å². The maximum absolute atomic E-state index is 9.68. The Hall–Kier alpha value is 0.0569. The number of hydrogen-bond donors (Lipinski definition) is 1. The van der Waals surface area contributed by atoms with Crippen LogP contribution in [0.3, 0.4) is 0 Å². The first kappa shape index (κ1) is 13.5. The Morgan fingerprint density at radius 1 is 1.12 bits per heavy atom. The van der Waals surface area contributed by atoms with Gasteiger partial charge in [-0.05, 0) is 18.1 Å². The molecule has 2 aliphatic rings. The molecule has 1 N–H and O–H groups in total. The molecule has 5 heteroatoms. The first-order valence-corrected chi connectivity index (χ1v) is 9.22. The minimum absolute atomic E-state index is 0.0157. The molecule has 2 fully saturated rings. The molecule has 2 aliphatic heterocycles. The molecular formula is C12H24O4Si. The standard InChI is InChI=1S/C12H24O4Si/c1-12(2,3)17(4,5)16-9-7-15-10-8(13)6-14-11(9)10/h8-11,13H,6-7H2,1-5H3/t8-,9-,10-,11+/m1/s1. The lowest BCUT2D eigenvalue weighted by molar-refractivity contribution is 0.00562. The van der Waals surface area contributed by atoms with Crippen molar-refractivity contribution in [2.75, 3.05) is 13.2 Å². The third-order valence-electron chi connectivity index (χ3n) is 4.23. The highest BCUT2D eigenvalue weighted by Crippen LogP contribution is 2.40. The zero-order valence-corrected chi connectivity index (χ0v) is 12.4. The van der Waals surface area contributed by atoms with Crippen LogP contribution in [0.15, 0.2) is 0 Å². The van der Waals surface area contributed by atoms with Crippen molar-refractivity contribution >= 4 is 8.32 Å². The van der Waals surface area contributed by atoms with Crippen LogP contribution in [0.1, 0.15) is 20.8 Å². The van der Waals surface area contributed by atoms with Gasteiger partial charge in [-0.3, -0.25) is 0 Å². The Morgan fingerprint density at radius 3 is 2.29 bits per heavy atom. The van der Waals surface area contributed by atoms with Crippen molar-refractivity contribution in [1.82, 2.24) is 0 Å². The molecule has 4 atom stereocenters. The molecule has 0 unspecified atom stereocenters. The number of aliphatic hydroxyl groups excluding tert-OH is 1. The molecule has 100 valence electrons. The van der Waals surface area contributed by atoms with Crippen molar-refractivity contribution in [1.29, 1.82) is 0 Å².